The van der Waals surface area contributed by atoms with E-state index in [4.69, 9.17) is 5.26 Å². The average molecular weight is 258 g/mol. The highest BCUT2D eigenvalue weighted by molar-refractivity contribution is 5.45. The molecule has 0 atom stereocenters. The molecule has 0 amide bonds. The Balaban J connectivity index is 2.02. The third-order valence-corrected chi connectivity index (χ3v) is 2.75. The van der Waals surface area contributed by atoms with Gasteiger partial charge in [-0.15, -0.1) is 0 Å². The quantitative estimate of drug-likeness (QED) is 0.908. The lowest BCUT2D eigenvalue weighted by Crippen LogP contribution is -2.03. The van der Waals surface area contributed by atoms with Crippen LogP contribution in [0.15, 0.2) is 42.5 Å². The first-order valence-corrected chi connectivity index (χ1v) is 5.83. The monoisotopic (exact) mass is 258 g/mol. The topological polar surface area (TPSA) is 35.8 Å². The van der Waals surface area contributed by atoms with E-state index in [0.29, 0.717) is 6.42 Å². The molecule has 0 unspecified atom stereocenters. The number of anilines is 1. The Morgan fingerprint density at radius 1 is 1.05 bits per heavy atom. The minimum absolute atomic E-state index is 0.210. The molecule has 0 fully saturated rings. The maximum atomic E-state index is 13.4. The van der Waals surface area contributed by atoms with E-state index < -0.39 is 11.6 Å². The second-order valence-electron chi connectivity index (χ2n) is 4.10. The number of nitrogens with one attached hydrogen (secondary N) is 1. The van der Waals surface area contributed by atoms with Crippen LogP contribution >= 0.6 is 0 Å². The lowest BCUT2D eigenvalue weighted by Gasteiger charge is -2.08. The number of nitrogens with zero attached hydrogens (tertiary/aromatic N) is 1. The molecule has 0 aliphatic rings. The van der Waals surface area contributed by atoms with E-state index in [1.165, 1.54) is 12.1 Å². The maximum Gasteiger partial charge on any atom is 0.163 e. The van der Waals surface area contributed by atoms with Crippen LogP contribution in [-0.2, 0) is 13.0 Å². The van der Waals surface area contributed by atoms with Crippen molar-refractivity contribution >= 4 is 5.69 Å². The van der Waals surface area contributed by atoms with Gasteiger partial charge in [0.1, 0.15) is 0 Å². The molecule has 0 spiro atoms. The summed E-state index contributed by atoms with van der Waals surface area (Å²) in [6.45, 7) is 0.210. The van der Waals surface area contributed by atoms with E-state index in [1.54, 1.807) is 0 Å². The van der Waals surface area contributed by atoms with Crippen molar-refractivity contribution in [1.29, 1.82) is 5.26 Å². The van der Waals surface area contributed by atoms with Gasteiger partial charge in [-0.05, 0) is 23.8 Å². The van der Waals surface area contributed by atoms with Crippen LogP contribution in [0.5, 0.6) is 0 Å². The second kappa shape index (κ2) is 5.96. The van der Waals surface area contributed by atoms with Crippen LogP contribution in [-0.4, -0.2) is 0 Å². The van der Waals surface area contributed by atoms with Crippen LogP contribution in [0.1, 0.15) is 11.1 Å². The summed E-state index contributed by atoms with van der Waals surface area (Å²) in [5.41, 5.74) is 2.00. The fourth-order valence-electron chi connectivity index (χ4n) is 1.71. The summed E-state index contributed by atoms with van der Waals surface area (Å²) in [5.74, 6) is -1.67. The van der Waals surface area contributed by atoms with Crippen molar-refractivity contribution in [3.05, 3.63) is 65.2 Å². The van der Waals surface area contributed by atoms with Gasteiger partial charge in [-0.2, -0.15) is 5.26 Å². The molecule has 2 rings (SSSR count). The Hall–Kier alpha value is -2.41. The van der Waals surface area contributed by atoms with Crippen LogP contribution in [0.4, 0.5) is 14.5 Å². The van der Waals surface area contributed by atoms with Gasteiger partial charge in [-0.25, -0.2) is 8.78 Å². The van der Waals surface area contributed by atoms with Crippen molar-refractivity contribution in [2.45, 2.75) is 13.0 Å². The number of halogens is 2. The maximum absolute atomic E-state index is 13.4. The lowest BCUT2D eigenvalue weighted by molar-refractivity contribution is 0.500. The Bertz CT molecular complexity index is 601. The Morgan fingerprint density at radius 2 is 1.79 bits per heavy atom. The number of hydrogen-bond acceptors (Lipinski definition) is 2. The van der Waals surface area contributed by atoms with Crippen LogP contribution in [0.25, 0.3) is 0 Å². The largest absolute Gasteiger partial charge is 0.381 e. The summed E-state index contributed by atoms with van der Waals surface area (Å²) in [5, 5.41) is 11.6. The van der Waals surface area contributed by atoms with Crippen LogP contribution in [0.3, 0.4) is 0 Å². The first-order valence-electron chi connectivity index (χ1n) is 5.83. The van der Waals surface area contributed by atoms with Crippen LogP contribution < -0.4 is 5.32 Å². The highest BCUT2D eigenvalue weighted by atomic mass is 19.2. The molecule has 4 heteroatoms. The van der Waals surface area contributed by atoms with Crippen molar-refractivity contribution in [2.24, 2.45) is 0 Å². The molecule has 0 radical (unpaired) electrons. The Kier molecular flexibility index (Phi) is 4.09. The zero-order chi connectivity index (χ0) is 13.7. The Labute approximate surface area is 110 Å². The third-order valence-electron chi connectivity index (χ3n) is 2.75. The molecular weight excluding hydrogens is 246 g/mol. The summed E-state index contributed by atoms with van der Waals surface area (Å²) in [7, 11) is 0. The van der Waals surface area contributed by atoms with Gasteiger partial charge in [0.2, 0.25) is 0 Å². The van der Waals surface area contributed by atoms with E-state index >= 15 is 0 Å². The summed E-state index contributed by atoms with van der Waals surface area (Å²) < 4.78 is 26.4. The van der Waals surface area contributed by atoms with Crippen LogP contribution in [0.2, 0.25) is 0 Å². The minimum atomic E-state index is -0.844. The van der Waals surface area contributed by atoms with Gasteiger partial charge in [-0.1, -0.05) is 24.3 Å². The molecule has 0 heterocycles. The fourth-order valence-corrected chi connectivity index (χ4v) is 1.71. The smallest absolute Gasteiger partial charge is 0.163 e. The predicted octanol–water partition coefficient (Wildman–Crippen LogP) is 3.64. The number of nitriles is 1. The molecule has 2 nitrogen and oxygen atoms in total. The van der Waals surface area contributed by atoms with Crippen molar-refractivity contribution < 1.29 is 8.78 Å². The average Bonchev–Trinajstić information content (AvgIpc) is 2.42. The third kappa shape index (κ3) is 3.29. The molecule has 1 N–H and O–H groups in total. The van der Waals surface area contributed by atoms with E-state index in [9.17, 15) is 8.78 Å². The zero-order valence-corrected chi connectivity index (χ0v) is 10.2. The van der Waals surface area contributed by atoms with E-state index in [0.717, 1.165) is 17.3 Å². The van der Waals surface area contributed by atoms with E-state index in [-0.39, 0.29) is 12.1 Å². The van der Waals surface area contributed by atoms with Gasteiger partial charge < -0.3 is 5.32 Å². The van der Waals surface area contributed by atoms with E-state index in [1.807, 2.05) is 24.3 Å². The zero-order valence-electron chi connectivity index (χ0n) is 10.2. The number of rotatable bonds is 4. The first-order chi connectivity index (χ1) is 9.20. The van der Waals surface area contributed by atoms with Crippen molar-refractivity contribution in [3.63, 3.8) is 0 Å². The first kappa shape index (κ1) is 13.0. The van der Waals surface area contributed by atoms with Crippen molar-refractivity contribution in [2.75, 3.05) is 5.32 Å². The van der Waals surface area contributed by atoms with Gasteiger partial charge in [0.15, 0.2) is 11.6 Å². The fraction of sp³-hybridized carbons (Fsp3) is 0.133. The molecule has 96 valence electrons. The van der Waals surface area contributed by atoms with Crippen LogP contribution in [0, 0.1) is 23.0 Å². The summed E-state index contributed by atoms with van der Waals surface area (Å²) >= 11 is 0. The van der Waals surface area contributed by atoms with E-state index in [2.05, 4.69) is 11.4 Å². The molecule has 2 aromatic rings. The second-order valence-corrected chi connectivity index (χ2v) is 4.10. The number of benzene rings is 2. The number of hydrogen-bond donors (Lipinski definition) is 1. The van der Waals surface area contributed by atoms with Gasteiger partial charge in [0.25, 0.3) is 0 Å². The van der Waals surface area contributed by atoms with Crippen molar-refractivity contribution in [3.8, 4) is 6.07 Å². The summed E-state index contributed by atoms with van der Waals surface area (Å²) in [6.07, 6.45) is 0.360. The molecule has 0 bridgehead atoms. The van der Waals surface area contributed by atoms with Gasteiger partial charge in [0, 0.05) is 17.8 Å². The standard InChI is InChI=1S/C15H12F2N2/c16-14-3-1-2-12(15(14)17)10-19-13-6-4-11(5-7-13)8-9-18/h1-7,19H,8,10H2. The molecule has 19 heavy (non-hydrogen) atoms. The predicted molar refractivity (Wildman–Crippen MR) is 69.4 cm³/mol. The molecule has 0 aliphatic carbocycles. The highest BCUT2D eigenvalue weighted by Crippen LogP contribution is 2.15. The summed E-state index contributed by atoms with van der Waals surface area (Å²) in [6, 6.07) is 13.4. The molecular formula is C15H12F2N2. The molecule has 0 saturated carbocycles. The Morgan fingerprint density at radius 3 is 2.47 bits per heavy atom. The summed E-state index contributed by atoms with van der Waals surface area (Å²) in [4.78, 5) is 0. The molecule has 0 aromatic heterocycles. The van der Waals surface area contributed by atoms with Gasteiger partial charge >= 0.3 is 0 Å². The minimum Gasteiger partial charge on any atom is -0.381 e. The SMILES string of the molecule is N#CCc1ccc(NCc2cccc(F)c2F)cc1. The lowest BCUT2D eigenvalue weighted by atomic mass is 10.1. The molecule has 0 saturated heterocycles. The van der Waals surface area contributed by atoms with Gasteiger partial charge in [-0.3, -0.25) is 0 Å². The van der Waals surface area contributed by atoms with Gasteiger partial charge in [0.05, 0.1) is 12.5 Å². The normalized spacial score (nSPS) is 9.95. The van der Waals surface area contributed by atoms with Crippen molar-refractivity contribution in [1.82, 2.24) is 0 Å². The highest BCUT2D eigenvalue weighted by Gasteiger charge is 2.06. The molecule has 2 aromatic carbocycles. The molecule has 0 aliphatic heterocycles.